The van der Waals surface area contributed by atoms with E-state index in [9.17, 15) is 9.13 Å². The molecule has 2 unspecified atom stereocenters. The molecule has 0 aliphatic heterocycles. The highest BCUT2D eigenvalue weighted by atomic mass is 31.2. The first kappa shape index (κ1) is 16.3. The van der Waals surface area contributed by atoms with E-state index in [1.54, 1.807) is 20.8 Å². The second-order valence-corrected chi connectivity index (χ2v) is 6.72. The van der Waals surface area contributed by atoms with E-state index < -0.39 is 21.2 Å². The maximum Gasteiger partial charge on any atom is 0.368 e. The van der Waals surface area contributed by atoms with Gasteiger partial charge in [0.15, 0.2) is 0 Å². The maximum absolute atomic E-state index is 12.2. The fourth-order valence-electron chi connectivity index (χ4n) is 1.10. The standard InChI is InChI=1S/C8H20O6P2/c1-5-12-15(9)8(11-4)16(10,13-6-2)14-7-3/h8,15H,5-7H2,1-4H3. The average Bonchev–Trinajstić information content (AvgIpc) is 2.19. The van der Waals surface area contributed by atoms with E-state index in [4.69, 9.17) is 18.3 Å². The first-order chi connectivity index (χ1) is 7.55. The summed E-state index contributed by atoms with van der Waals surface area (Å²) in [6.07, 6.45) is 0. The molecule has 0 N–H and O–H groups in total. The molecular weight excluding hydrogens is 254 g/mol. The van der Waals surface area contributed by atoms with E-state index in [0.717, 1.165) is 0 Å². The van der Waals surface area contributed by atoms with Gasteiger partial charge >= 0.3 is 7.60 Å². The Morgan fingerprint density at radius 2 is 1.62 bits per heavy atom. The molecular formula is C8H20O6P2. The summed E-state index contributed by atoms with van der Waals surface area (Å²) in [5, 5.41) is 0. The van der Waals surface area contributed by atoms with Crippen molar-refractivity contribution in [2.24, 2.45) is 0 Å². The zero-order valence-electron chi connectivity index (χ0n) is 10.1. The van der Waals surface area contributed by atoms with Gasteiger partial charge < -0.3 is 18.3 Å². The van der Waals surface area contributed by atoms with Gasteiger partial charge in [-0.3, -0.25) is 9.13 Å². The van der Waals surface area contributed by atoms with Crippen molar-refractivity contribution in [1.82, 2.24) is 0 Å². The van der Waals surface area contributed by atoms with Crippen molar-refractivity contribution in [2.75, 3.05) is 26.9 Å². The van der Waals surface area contributed by atoms with Crippen LogP contribution in [0.5, 0.6) is 0 Å². The minimum Gasteiger partial charge on any atom is -0.360 e. The Bertz CT molecular complexity index is 247. The van der Waals surface area contributed by atoms with Crippen LogP contribution in [0.2, 0.25) is 0 Å². The molecule has 0 radical (unpaired) electrons. The van der Waals surface area contributed by atoms with Gasteiger partial charge in [-0.15, -0.1) is 0 Å². The third-order valence-electron chi connectivity index (χ3n) is 1.62. The van der Waals surface area contributed by atoms with Crippen LogP contribution < -0.4 is 0 Å². The molecule has 98 valence electrons. The van der Waals surface area contributed by atoms with E-state index in [1.807, 2.05) is 0 Å². The lowest BCUT2D eigenvalue weighted by molar-refractivity contribution is 0.140. The van der Waals surface area contributed by atoms with E-state index in [0.29, 0.717) is 0 Å². The van der Waals surface area contributed by atoms with Crippen molar-refractivity contribution in [3.8, 4) is 0 Å². The molecule has 0 spiro atoms. The molecule has 0 aromatic heterocycles. The molecule has 0 rings (SSSR count). The van der Waals surface area contributed by atoms with Crippen LogP contribution in [0, 0.1) is 0 Å². The Balaban J connectivity index is 4.83. The lowest BCUT2D eigenvalue weighted by Crippen LogP contribution is -2.12. The Kier molecular flexibility index (Phi) is 8.56. The van der Waals surface area contributed by atoms with Gasteiger partial charge in [-0.05, 0) is 20.8 Å². The summed E-state index contributed by atoms with van der Waals surface area (Å²) in [6, 6.07) is 0. The van der Waals surface area contributed by atoms with Crippen molar-refractivity contribution in [3.05, 3.63) is 0 Å². The van der Waals surface area contributed by atoms with Crippen molar-refractivity contribution in [2.45, 2.75) is 26.4 Å². The predicted octanol–water partition coefficient (Wildman–Crippen LogP) is 2.69. The number of ether oxygens (including phenoxy) is 1. The molecule has 0 saturated heterocycles. The Morgan fingerprint density at radius 3 is 1.94 bits per heavy atom. The molecule has 2 atom stereocenters. The molecule has 0 aliphatic rings. The summed E-state index contributed by atoms with van der Waals surface area (Å²) in [4.78, 5) is 0. The molecule has 8 heteroatoms. The van der Waals surface area contributed by atoms with Crippen LogP contribution in [0.4, 0.5) is 0 Å². The summed E-state index contributed by atoms with van der Waals surface area (Å²) < 4.78 is 43.9. The molecule has 0 amide bonds. The maximum atomic E-state index is 12.2. The van der Waals surface area contributed by atoms with Crippen LogP contribution in [0.3, 0.4) is 0 Å². The number of hydrogen-bond acceptors (Lipinski definition) is 6. The van der Waals surface area contributed by atoms with Gasteiger partial charge in [0.1, 0.15) is 0 Å². The zero-order chi connectivity index (χ0) is 12.6. The van der Waals surface area contributed by atoms with Crippen molar-refractivity contribution in [1.29, 1.82) is 0 Å². The molecule has 0 heterocycles. The monoisotopic (exact) mass is 274 g/mol. The van der Waals surface area contributed by atoms with E-state index in [2.05, 4.69) is 0 Å². The van der Waals surface area contributed by atoms with Crippen molar-refractivity contribution >= 4 is 15.6 Å². The lowest BCUT2D eigenvalue weighted by atomic mass is 10.9. The first-order valence-corrected chi connectivity index (χ1v) is 8.14. The van der Waals surface area contributed by atoms with Crippen LogP contribution >= 0.6 is 15.6 Å². The van der Waals surface area contributed by atoms with Crippen LogP contribution in [0.25, 0.3) is 0 Å². The van der Waals surface area contributed by atoms with Gasteiger partial charge in [-0.1, -0.05) is 0 Å². The molecule has 16 heavy (non-hydrogen) atoms. The highest BCUT2D eigenvalue weighted by molar-refractivity contribution is 7.66. The third kappa shape index (κ3) is 4.66. The largest absolute Gasteiger partial charge is 0.368 e. The predicted molar refractivity (Wildman–Crippen MR) is 62.3 cm³/mol. The summed E-state index contributed by atoms with van der Waals surface area (Å²) in [7, 11) is -4.84. The Morgan fingerprint density at radius 1 is 1.12 bits per heavy atom. The van der Waals surface area contributed by atoms with Crippen molar-refractivity contribution < 1.29 is 27.4 Å². The average molecular weight is 274 g/mol. The molecule has 0 aromatic carbocycles. The first-order valence-electron chi connectivity index (χ1n) is 5.13. The third-order valence-corrected chi connectivity index (χ3v) is 6.43. The Hall–Kier alpha value is 0.300. The summed E-state index contributed by atoms with van der Waals surface area (Å²) in [6.45, 7) is 5.70. The van der Waals surface area contributed by atoms with E-state index in [1.165, 1.54) is 7.11 Å². The van der Waals surface area contributed by atoms with Crippen LogP contribution in [0.1, 0.15) is 20.8 Å². The van der Waals surface area contributed by atoms with Crippen LogP contribution in [-0.2, 0) is 27.4 Å². The summed E-state index contributed by atoms with van der Waals surface area (Å²) in [5.41, 5.74) is -1.14. The molecule has 0 fully saturated rings. The highest BCUT2D eigenvalue weighted by Gasteiger charge is 2.40. The smallest absolute Gasteiger partial charge is 0.360 e. The van der Waals surface area contributed by atoms with Crippen LogP contribution in [0.15, 0.2) is 0 Å². The summed E-state index contributed by atoms with van der Waals surface area (Å²) >= 11 is 0. The highest BCUT2D eigenvalue weighted by Crippen LogP contribution is 2.61. The van der Waals surface area contributed by atoms with Gasteiger partial charge in [-0.25, -0.2) is 0 Å². The fraction of sp³-hybridized carbons (Fsp3) is 1.00. The van der Waals surface area contributed by atoms with Gasteiger partial charge in [0.05, 0.1) is 19.8 Å². The number of rotatable bonds is 9. The van der Waals surface area contributed by atoms with Crippen molar-refractivity contribution in [3.63, 3.8) is 0 Å². The molecule has 0 saturated carbocycles. The van der Waals surface area contributed by atoms with E-state index >= 15 is 0 Å². The Labute approximate surface area is 97.0 Å². The van der Waals surface area contributed by atoms with E-state index in [-0.39, 0.29) is 19.8 Å². The van der Waals surface area contributed by atoms with Gasteiger partial charge in [-0.2, -0.15) is 0 Å². The normalized spacial score (nSPS) is 16.0. The van der Waals surface area contributed by atoms with Gasteiger partial charge in [0, 0.05) is 7.11 Å². The fourth-order valence-corrected chi connectivity index (χ4v) is 4.75. The molecule has 0 bridgehead atoms. The minimum atomic E-state index is -3.53. The quantitative estimate of drug-likeness (QED) is 0.602. The number of methoxy groups -OCH3 is 1. The van der Waals surface area contributed by atoms with Gasteiger partial charge in [0.25, 0.3) is 0 Å². The molecule has 0 aliphatic carbocycles. The SMILES string of the molecule is CCO[PH](=O)C(OC)P(=O)(OCC)OCC. The topological polar surface area (TPSA) is 71.1 Å². The zero-order valence-corrected chi connectivity index (χ0v) is 12.0. The van der Waals surface area contributed by atoms with Gasteiger partial charge in [0.2, 0.25) is 13.6 Å². The summed E-state index contributed by atoms with van der Waals surface area (Å²) in [5.74, 6) is 0. The second-order valence-electron chi connectivity index (χ2n) is 2.72. The van der Waals surface area contributed by atoms with Crippen LogP contribution in [-0.4, -0.2) is 32.5 Å². The molecule has 6 nitrogen and oxygen atoms in total. The second kappa shape index (κ2) is 8.40. The molecule has 0 aromatic rings. The minimum absolute atomic E-state index is 0.193. The number of hydrogen-bond donors (Lipinski definition) is 0. The lowest BCUT2D eigenvalue weighted by Gasteiger charge is -2.24.